The monoisotopic (exact) mass is 412 g/mol. The first-order valence-electron chi connectivity index (χ1n) is 11.6. The summed E-state index contributed by atoms with van der Waals surface area (Å²) < 4.78 is 5.72. The molecule has 1 aromatic carbocycles. The van der Waals surface area contributed by atoms with Crippen LogP contribution in [0, 0.1) is 22.7 Å². The average molecular weight is 413 g/mol. The molecule has 5 atom stereocenters. The minimum absolute atomic E-state index is 0.0429. The number of Topliss-reactive ketones (excluding diaryl/α,β-unsaturated/α-hetero) is 2. The molecule has 1 heterocycles. The molecule has 2 aliphatic carbocycles. The molecule has 1 aliphatic heterocycles. The maximum Gasteiger partial charge on any atom is 0.325 e. The summed E-state index contributed by atoms with van der Waals surface area (Å²) in [6.45, 7) is 10.2. The third kappa shape index (κ3) is 3.52. The van der Waals surface area contributed by atoms with Crippen molar-refractivity contribution in [2.75, 3.05) is 0 Å². The van der Waals surface area contributed by atoms with Gasteiger partial charge in [-0.3, -0.25) is 14.4 Å². The highest BCUT2D eigenvalue weighted by atomic mass is 16.5. The number of hydrogen-bond donors (Lipinski definition) is 0. The second kappa shape index (κ2) is 8.64. The lowest BCUT2D eigenvalue weighted by Gasteiger charge is -2.52. The molecule has 0 spiro atoms. The summed E-state index contributed by atoms with van der Waals surface area (Å²) >= 11 is 0. The highest BCUT2D eigenvalue weighted by Gasteiger charge is 2.66. The van der Waals surface area contributed by atoms with Crippen LogP contribution in [0.25, 0.3) is 0 Å². The Morgan fingerprint density at radius 2 is 1.83 bits per heavy atom. The molecule has 2 fully saturated rings. The molecule has 164 valence electrons. The van der Waals surface area contributed by atoms with Crippen molar-refractivity contribution < 1.29 is 19.1 Å². The van der Waals surface area contributed by atoms with Crippen molar-refractivity contribution in [3.05, 3.63) is 29.8 Å². The molecule has 1 aromatic rings. The molecule has 0 N–H and O–H groups in total. The van der Waals surface area contributed by atoms with Crippen LogP contribution >= 0.6 is 0 Å². The molecule has 4 heteroatoms. The lowest BCUT2D eigenvalue weighted by atomic mass is 9.50. The Balaban J connectivity index is 0.000000806. The number of carbonyl (C=O) groups is 3. The third-order valence-corrected chi connectivity index (χ3v) is 7.72. The Labute approximate surface area is 180 Å². The molecular weight excluding hydrogens is 376 g/mol. The topological polar surface area (TPSA) is 60.4 Å². The first kappa shape index (κ1) is 22.7. The van der Waals surface area contributed by atoms with Gasteiger partial charge in [-0.25, -0.2) is 0 Å². The molecule has 4 rings (SSSR count). The molecular formula is C26H36O4. The number of rotatable bonds is 2. The van der Waals surface area contributed by atoms with Gasteiger partial charge in [0.2, 0.25) is 0 Å². The van der Waals surface area contributed by atoms with Gasteiger partial charge in [0.1, 0.15) is 22.7 Å². The Hall–Kier alpha value is -1.97. The molecule has 30 heavy (non-hydrogen) atoms. The van der Waals surface area contributed by atoms with E-state index in [0.29, 0.717) is 5.75 Å². The zero-order valence-corrected chi connectivity index (χ0v) is 19.1. The van der Waals surface area contributed by atoms with Gasteiger partial charge in [0.15, 0.2) is 0 Å². The molecule has 2 saturated carbocycles. The summed E-state index contributed by atoms with van der Waals surface area (Å²) in [7, 11) is 0. The van der Waals surface area contributed by atoms with Crippen LogP contribution in [0.4, 0.5) is 0 Å². The second-order valence-corrected chi connectivity index (χ2v) is 9.76. The normalized spacial score (nSPS) is 34.9. The van der Waals surface area contributed by atoms with E-state index in [-0.39, 0.29) is 35.2 Å². The van der Waals surface area contributed by atoms with Gasteiger partial charge in [-0.2, -0.15) is 0 Å². The summed E-state index contributed by atoms with van der Waals surface area (Å²) in [5, 5.41) is 0. The van der Waals surface area contributed by atoms with E-state index >= 15 is 0 Å². The van der Waals surface area contributed by atoms with Crippen molar-refractivity contribution >= 4 is 17.5 Å². The number of hydrogen-bond acceptors (Lipinski definition) is 4. The van der Waals surface area contributed by atoms with E-state index in [9.17, 15) is 14.4 Å². The fourth-order valence-corrected chi connectivity index (χ4v) is 6.03. The zero-order valence-electron chi connectivity index (χ0n) is 19.1. The number of para-hydroxylation sites is 1. The SMILES string of the molecule is CCC.CCC1(C)CCCC2C(=O)CC3c4ccccc4OC(=O)C3(C(C)=O)C2C1. The molecule has 0 aromatic heterocycles. The van der Waals surface area contributed by atoms with E-state index in [2.05, 4.69) is 27.7 Å². The molecule has 0 saturated heterocycles. The van der Waals surface area contributed by atoms with Crippen molar-refractivity contribution in [1.29, 1.82) is 0 Å². The second-order valence-electron chi connectivity index (χ2n) is 9.76. The molecule has 0 radical (unpaired) electrons. The predicted octanol–water partition coefficient (Wildman–Crippen LogP) is 5.88. The van der Waals surface area contributed by atoms with Crippen molar-refractivity contribution in [2.24, 2.45) is 22.7 Å². The van der Waals surface area contributed by atoms with Crippen molar-refractivity contribution in [1.82, 2.24) is 0 Å². The van der Waals surface area contributed by atoms with Gasteiger partial charge >= 0.3 is 5.97 Å². The third-order valence-electron chi connectivity index (χ3n) is 7.72. The number of benzene rings is 1. The van der Waals surface area contributed by atoms with Gasteiger partial charge in [0.05, 0.1) is 0 Å². The van der Waals surface area contributed by atoms with E-state index < -0.39 is 17.3 Å². The van der Waals surface area contributed by atoms with E-state index in [1.807, 2.05) is 18.2 Å². The van der Waals surface area contributed by atoms with Gasteiger partial charge in [0, 0.05) is 23.8 Å². The number of esters is 1. The minimum atomic E-state index is -1.23. The van der Waals surface area contributed by atoms with Gasteiger partial charge < -0.3 is 4.74 Å². The number of fused-ring (bicyclic) bond motifs is 5. The van der Waals surface area contributed by atoms with Crippen LogP contribution in [0.15, 0.2) is 24.3 Å². The highest BCUT2D eigenvalue weighted by Crippen LogP contribution is 2.61. The Morgan fingerprint density at radius 3 is 2.47 bits per heavy atom. The Bertz CT molecular complexity index is 828. The fourth-order valence-electron chi connectivity index (χ4n) is 6.03. The van der Waals surface area contributed by atoms with Crippen molar-refractivity contribution in [2.45, 2.75) is 85.5 Å². The lowest BCUT2D eigenvalue weighted by molar-refractivity contribution is -0.169. The first-order valence-corrected chi connectivity index (χ1v) is 11.6. The average Bonchev–Trinajstić information content (AvgIpc) is 2.88. The summed E-state index contributed by atoms with van der Waals surface area (Å²) in [4.78, 5) is 39.7. The minimum Gasteiger partial charge on any atom is -0.425 e. The molecule has 4 nitrogen and oxygen atoms in total. The molecule has 3 aliphatic rings. The standard InChI is InChI=1S/C23H28O4.C3H8/c1-4-22(3)11-7-9-15-18(13-22)23(14(2)24)17(12-19(15)25)16-8-5-6-10-20(16)27-21(23)26;1-3-2/h5-6,8,10,15,17-18H,4,7,9,11-13H2,1-3H3;3H2,1-2H3. The van der Waals surface area contributed by atoms with E-state index in [1.165, 1.54) is 13.3 Å². The van der Waals surface area contributed by atoms with Crippen LogP contribution in [-0.2, 0) is 14.4 Å². The first-order chi connectivity index (χ1) is 14.2. The van der Waals surface area contributed by atoms with Crippen molar-refractivity contribution in [3.8, 4) is 5.75 Å². The summed E-state index contributed by atoms with van der Waals surface area (Å²) in [5.74, 6) is -0.753. The van der Waals surface area contributed by atoms with E-state index in [4.69, 9.17) is 4.74 Å². The van der Waals surface area contributed by atoms with Crippen LogP contribution < -0.4 is 4.74 Å². The van der Waals surface area contributed by atoms with Crippen LogP contribution in [0.2, 0.25) is 0 Å². The Kier molecular flexibility index (Phi) is 6.54. The van der Waals surface area contributed by atoms with E-state index in [0.717, 1.165) is 37.7 Å². The van der Waals surface area contributed by atoms with Gasteiger partial charge in [-0.05, 0) is 43.6 Å². The zero-order chi connectivity index (χ0) is 22.1. The van der Waals surface area contributed by atoms with Crippen LogP contribution in [0.1, 0.15) is 91.0 Å². The van der Waals surface area contributed by atoms with Crippen molar-refractivity contribution in [3.63, 3.8) is 0 Å². The predicted molar refractivity (Wildman–Crippen MR) is 117 cm³/mol. The quantitative estimate of drug-likeness (QED) is 0.346. The lowest BCUT2D eigenvalue weighted by Crippen LogP contribution is -2.60. The highest BCUT2D eigenvalue weighted by molar-refractivity contribution is 6.08. The number of ketones is 2. The Morgan fingerprint density at radius 1 is 1.17 bits per heavy atom. The summed E-state index contributed by atoms with van der Waals surface area (Å²) in [6.07, 6.45) is 6.00. The van der Waals surface area contributed by atoms with Gasteiger partial charge in [-0.15, -0.1) is 0 Å². The fraction of sp³-hybridized carbons (Fsp3) is 0.654. The van der Waals surface area contributed by atoms with Gasteiger partial charge in [-0.1, -0.05) is 65.2 Å². The summed E-state index contributed by atoms with van der Waals surface area (Å²) in [6, 6.07) is 7.38. The van der Waals surface area contributed by atoms with Crippen LogP contribution in [-0.4, -0.2) is 17.5 Å². The molecule has 0 amide bonds. The van der Waals surface area contributed by atoms with Gasteiger partial charge in [0.25, 0.3) is 0 Å². The number of ether oxygens (including phenoxy) is 1. The number of carbonyl (C=O) groups excluding carboxylic acids is 3. The molecule has 5 unspecified atom stereocenters. The van der Waals surface area contributed by atoms with Crippen LogP contribution in [0.3, 0.4) is 0 Å². The summed E-state index contributed by atoms with van der Waals surface area (Å²) in [5.41, 5.74) is -0.351. The smallest absolute Gasteiger partial charge is 0.325 e. The van der Waals surface area contributed by atoms with Crippen LogP contribution in [0.5, 0.6) is 5.75 Å². The molecule has 0 bridgehead atoms. The van der Waals surface area contributed by atoms with E-state index in [1.54, 1.807) is 6.07 Å². The largest absolute Gasteiger partial charge is 0.425 e. The maximum atomic E-state index is 13.4. The maximum absolute atomic E-state index is 13.4.